The van der Waals surface area contributed by atoms with E-state index in [-0.39, 0.29) is 0 Å². The fourth-order valence-corrected chi connectivity index (χ4v) is 5.42. The number of aromatic nitrogens is 2. The highest BCUT2D eigenvalue weighted by molar-refractivity contribution is 6.19. The monoisotopic (exact) mass is 436 g/mol. The van der Waals surface area contributed by atoms with Gasteiger partial charge in [-0.05, 0) is 68.4 Å². The molecule has 0 atom stereocenters. The van der Waals surface area contributed by atoms with Crippen LogP contribution < -0.4 is 0 Å². The SMILES string of the molecule is Cc1ccc(-n2c3ccccc3c3cc4c(cc32)c2cc(C)ccc2n4-c2ccccc2)cc1. The van der Waals surface area contributed by atoms with Crippen LogP contribution in [-0.2, 0) is 0 Å². The Kier molecular flexibility index (Phi) is 4.01. The summed E-state index contributed by atoms with van der Waals surface area (Å²) in [6, 6.07) is 39.9. The van der Waals surface area contributed by atoms with E-state index in [9.17, 15) is 0 Å². The number of nitrogens with zero attached hydrogens (tertiary/aromatic N) is 2. The number of fused-ring (bicyclic) bond motifs is 6. The highest BCUT2D eigenvalue weighted by atomic mass is 15.0. The van der Waals surface area contributed by atoms with Gasteiger partial charge < -0.3 is 9.13 Å². The fourth-order valence-electron chi connectivity index (χ4n) is 5.42. The lowest BCUT2D eigenvalue weighted by Crippen LogP contribution is -1.94. The van der Waals surface area contributed by atoms with Gasteiger partial charge in [0.15, 0.2) is 0 Å². The van der Waals surface area contributed by atoms with Crippen molar-refractivity contribution >= 4 is 43.6 Å². The highest BCUT2D eigenvalue weighted by Crippen LogP contribution is 2.39. The molecule has 2 heteroatoms. The van der Waals surface area contributed by atoms with Gasteiger partial charge in [-0.15, -0.1) is 0 Å². The normalized spacial score (nSPS) is 11.8. The van der Waals surface area contributed by atoms with Crippen LogP contribution in [0.15, 0.2) is 109 Å². The van der Waals surface area contributed by atoms with Gasteiger partial charge >= 0.3 is 0 Å². The summed E-state index contributed by atoms with van der Waals surface area (Å²) >= 11 is 0. The summed E-state index contributed by atoms with van der Waals surface area (Å²) in [6.07, 6.45) is 0. The van der Waals surface area contributed by atoms with E-state index in [4.69, 9.17) is 0 Å². The van der Waals surface area contributed by atoms with Crippen molar-refractivity contribution in [2.75, 3.05) is 0 Å². The summed E-state index contributed by atoms with van der Waals surface area (Å²) in [7, 11) is 0. The summed E-state index contributed by atoms with van der Waals surface area (Å²) < 4.78 is 4.81. The molecule has 0 bridgehead atoms. The van der Waals surface area contributed by atoms with E-state index < -0.39 is 0 Å². The highest BCUT2D eigenvalue weighted by Gasteiger charge is 2.18. The molecule has 2 heterocycles. The lowest BCUT2D eigenvalue weighted by Gasteiger charge is -2.09. The second-order valence-electron chi connectivity index (χ2n) is 9.27. The van der Waals surface area contributed by atoms with E-state index in [1.165, 1.54) is 66.1 Å². The zero-order chi connectivity index (χ0) is 22.8. The fraction of sp³-hybridized carbons (Fsp3) is 0.0625. The molecule has 5 aromatic carbocycles. The number of rotatable bonds is 2. The molecule has 162 valence electrons. The Hall–Kier alpha value is -4.30. The van der Waals surface area contributed by atoms with Crippen LogP contribution in [0.3, 0.4) is 0 Å². The molecular formula is C32H24N2. The Labute approximate surface area is 198 Å². The maximum atomic E-state index is 2.41. The quantitative estimate of drug-likeness (QED) is 0.257. The molecule has 0 unspecified atom stereocenters. The Morgan fingerprint density at radius 3 is 1.65 bits per heavy atom. The zero-order valence-corrected chi connectivity index (χ0v) is 19.3. The lowest BCUT2D eigenvalue weighted by atomic mass is 10.1. The minimum Gasteiger partial charge on any atom is -0.309 e. The third-order valence-electron chi connectivity index (χ3n) is 7.02. The van der Waals surface area contributed by atoms with Crippen LogP contribution in [0.25, 0.3) is 55.0 Å². The van der Waals surface area contributed by atoms with Crippen LogP contribution in [0.5, 0.6) is 0 Å². The minimum atomic E-state index is 1.19. The van der Waals surface area contributed by atoms with Gasteiger partial charge in [0.2, 0.25) is 0 Å². The molecule has 34 heavy (non-hydrogen) atoms. The smallest absolute Gasteiger partial charge is 0.0548 e. The Morgan fingerprint density at radius 2 is 0.912 bits per heavy atom. The van der Waals surface area contributed by atoms with Crippen molar-refractivity contribution in [3.05, 3.63) is 120 Å². The summed E-state index contributed by atoms with van der Waals surface area (Å²) in [5.74, 6) is 0. The number of aryl methyl sites for hydroxylation is 2. The summed E-state index contributed by atoms with van der Waals surface area (Å²) in [5, 5.41) is 5.13. The van der Waals surface area contributed by atoms with Gasteiger partial charge in [-0.3, -0.25) is 0 Å². The summed E-state index contributed by atoms with van der Waals surface area (Å²) in [4.78, 5) is 0. The van der Waals surface area contributed by atoms with Crippen LogP contribution in [0, 0.1) is 13.8 Å². The van der Waals surface area contributed by atoms with E-state index in [0.29, 0.717) is 0 Å². The largest absolute Gasteiger partial charge is 0.309 e. The summed E-state index contributed by atoms with van der Waals surface area (Å²) in [6.45, 7) is 4.31. The number of para-hydroxylation sites is 2. The van der Waals surface area contributed by atoms with Crippen molar-refractivity contribution in [2.45, 2.75) is 13.8 Å². The van der Waals surface area contributed by atoms with Crippen molar-refractivity contribution < 1.29 is 0 Å². The predicted octanol–water partition coefficient (Wildman–Crippen LogP) is 8.50. The molecule has 2 nitrogen and oxygen atoms in total. The Morgan fingerprint density at radius 1 is 0.382 bits per heavy atom. The van der Waals surface area contributed by atoms with Crippen LogP contribution in [0.2, 0.25) is 0 Å². The minimum absolute atomic E-state index is 1.19. The van der Waals surface area contributed by atoms with E-state index >= 15 is 0 Å². The maximum Gasteiger partial charge on any atom is 0.0548 e. The predicted molar refractivity (Wildman–Crippen MR) is 145 cm³/mol. The Bertz CT molecular complexity index is 1850. The second-order valence-corrected chi connectivity index (χ2v) is 9.27. The van der Waals surface area contributed by atoms with Crippen molar-refractivity contribution in [3.63, 3.8) is 0 Å². The molecule has 0 saturated heterocycles. The number of hydrogen-bond donors (Lipinski definition) is 0. The first-order valence-corrected chi connectivity index (χ1v) is 11.8. The van der Waals surface area contributed by atoms with Crippen molar-refractivity contribution in [3.8, 4) is 11.4 Å². The van der Waals surface area contributed by atoms with Gasteiger partial charge in [0, 0.05) is 32.9 Å². The molecule has 2 aromatic heterocycles. The van der Waals surface area contributed by atoms with E-state index in [1.807, 2.05) is 0 Å². The Balaban J connectivity index is 1.69. The first-order chi connectivity index (χ1) is 16.7. The van der Waals surface area contributed by atoms with Gasteiger partial charge in [-0.25, -0.2) is 0 Å². The molecule has 0 spiro atoms. The average molecular weight is 437 g/mol. The van der Waals surface area contributed by atoms with Gasteiger partial charge in [0.05, 0.1) is 22.1 Å². The first kappa shape index (κ1) is 19.2. The van der Waals surface area contributed by atoms with Gasteiger partial charge in [0.25, 0.3) is 0 Å². The molecule has 7 rings (SSSR count). The molecule has 0 aliphatic carbocycles. The van der Waals surface area contributed by atoms with E-state index in [0.717, 1.165) is 0 Å². The third-order valence-corrected chi connectivity index (χ3v) is 7.02. The van der Waals surface area contributed by atoms with Crippen molar-refractivity contribution in [1.29, 1.82) is 0 Å². The molecule has 0 saturated carbocycles. The molecule has 7 aromatic rings. The molecule has 0 amide bonds. The lowest BCUT2D eigenvalue weighted by molar-refractivity contribution is 1.17. The second kappa shape index (κ2) is 7.10. The van der Waals surface area contributed by atoms with Gasteiger partial charge in [-0.1, -0.05) is 65.7 Å². The average Bonchev–Trinajstić information content (AvgIpc) is 3.36. The van der Waals surface area contributed by atoms with Gasteiger partial charge in [-0.2, -0.15) is 0 Å². The third kappa shape index (κ3) is 2.69. The van der Waals surface area contributed by atoms with Crippen molar-refractivity contribution in [1.82, 2.24) is 9.13 Å². The van der Waals surface area contributed by atoms with Crippen LogP contribution in [-0.4, -0.2) is 9.13 Å². The molecular weight excluding hydrogens is 412 g/mol. The number of benzene rings is 5. The van der Waals surface area contributed by atoms with E-state index in [2.05, 4.69) is 132 Å². The van der Waals surface area contributed by atoms with Crippen LogP contribution >= 0.6 is 0 Å². The molecule has 0 N–H and O–H groups in total. The van der Waals surface area contributed by atoms with Crippen molar-refractivity contribution in [2.24, 2.45) is 0 Å². The standard InChI is InChI=1S/C32H24N2/c1-21-12-15-24(16-13-21)34-29-11-7-6-10-25(29)27-19-32-28(20-31(27)34)26-18-22(2)14-17-30(26)33(32)23-8-4-3-5-9-23/h3-20H,1-2H3. The van der Waals surface area contributed by atoms with Crippen LogP contribution in [0.1, 0.15) is 11.1 Å². The summed E-state index contributed by atoms with van der Waals surface area (Å²) in [5.41, 5.74) is 9.89. The molecule has 0 fully saturated rings. The number of hydrogen-bond acceptors (Lipinski definition) is 0. The van der Waals surface area contributed by atoms with E-state index in [1.54, 1.807) is 0 Å². The van der Waals surface area contributed by atoms with Crippen LogP contribution in [0.4, 0.5) is 0 Å². The van der Waals surface area contributed by atoms with Gasteiger partial charge in [0.1, 0.15) is 0 Å². The molecule has 0 radical (unpaired) electrons. The maximum absolute atomic E-state index is 2.41. The topological polar surface area (TPSA) is 9.86 Å². The first-order valence-electron chi connectivity index (χ1n) is 11.8. The molecule has 0 aliphatic heterocycles. The molecule has 0 aliphatic rings. The zero-order valence-electron chi connectivity index (χ0n) is 19.3.